The summed E-state index contributed by atoms with van der Waals surface area (Å²) in [7, 11) is 0. The van der Waals surface area contributed by atoms with E-state index in [-0.39, 0.29) is 24.3 Å². The minimum absolute atomic E-state index is 0.0442. The lowest BCUT2D eigenvalue weighted by Crippen LogP contribution is -2.19. The molecule has 2 aromatic carbocycles. The molecule has 0 spiro atoms. The zero-order valence-electron chi connectivity index (χ0n) is 14.5. The molecule has 7 nitrogen and oxygen atoms in total. The summed E-state index contributed by atoms with van der Waals surface area (Å²) in [6.45, 7) is -3.42. The third kappa shape index (κ3) is 4.61. The van der Waals surface area contributed by atoms with Gasteiger partial charge in [0, 0.05) is 12.1 Å². The van der Waals surface area contributed by atoms with Gasteiger partial charge in [0.25, 0.3) is 0 Å². The number of esters is 1. The largest absolute Gasteiger partial charge is 0.457 e. The molecule has 9 heteroatoms. The quantitative estimate of drug-likeness (QED) is 0.433. The van der Waals surface area contributed by atoms with Gasteiger partial charge in [-0.1, -0.05) is 12.1 Å². The molecule has 146 valence electrons. The first kappa shape index (κ1) is 19.3. The fraction of sp³-hybridized carbons (Fsp3) is 0.211. The number of ether oxygens (including phenoxy) is 2. The van der Waals surface area contributed by atoms with Crippen LogP contribution in [-0.4, -0.2) is 29.5 Å². The highest BCUT2D eigenvalue weighted by molar-refractivity contribution is 5.98. The number of fused-ring (bicyclic) bond motifs is 1. The van der Waals surface area contributed by atoms with Gasteiger partial charge in [-0.2, -0.15) is 8.78 Å². The number of alkyl halides is 2. The maximum Gasteiger partial charge on any atom is 0.419 e. The van der Waals surface area contributed by atoms with Crippen molar-refractivity contribution >= 4 is 22.9 Å². The van der Waals surface area contributed by atoms with Gasteiger partial charge in [-0.15, -0.1) is 0 Å². The molecule has 0 saturated carbocycles. The smallest absolute Gasteiger partial charge is 0.419 e. The second kappa shape index (κ2) is 8.47. The number of carbonyl (C=O) groups excluding carboxylic acids is 2. The van der Waals surface area contributed by atoms with Gasteiger partial charge in [-0.05, 0) is 36.4 Å². The minimum Gasteiger partial charge on any atom is -0.457 e. The van der Waals surface area contributed by atoms with Crippen LogP contribution in [0, 0.1) is 0 Å². The molecule has 3 aromatic rings. The summed E-state index contributed by atoms with van der Waals surface area (Å²) in [6, 6.07) is 11.8. The molecule has 0 unspecified atom stereocenters. The van der Waals surface area contributed by atoms with Gasteiger partial charge in [-0.25, -0.2) is 4.79 Å². The van der Waals surface area contributed by atoms with Crippen molar-refractivity contribution in [3.8, 4) is 5.75 Å². The third-order valence-corrected chi connectivity index (χ3v) is 3.88. The number of aryl methyl sites for hydroxylation is 1. The van der Waals surface area contributed by atoms with Crippen LogP contribution >= 0.6 is 0 Å². The maximum atomic E-state index is 12.1. The summed E-state index contributed by atoms with van der Waals surface area (Å²) in [4.78, 5) is 35.7. The van der Waals surface area contributed by atoms with E-state index in [2.05, 4.69) is 4.74 Å². The van der Waals surface area contributed by atoms with E-state index in [1.54, 1.807) is 24.3 Å². The molecule has 28 heavy (non-hydrogen) atoms. The molecule has 3 rings (SSSR count). The Balaban J connectivity index is 1.52. The molecule has 0 bridgehead atoms. The van der Waals surface area contributed by atoms with Crippen molar-refractivity contribution in [2.75, 3.05) is 6.61 Å². The Morgan fingerprint density at radius 1 is 1.07 bits per heavy atom. The van der Waals surface area contributed by atoms with Gasteiger partial charge in [0.15, 0.2) is 18.0 Å². The van der Waals surface area contributed by atoms with Crippen molar-refractivity contribution < 1.29 is 32.3 Å². The van der Waals surface area contributed by atoms with Crippen LogP contribution in [0.5, 0.6) is 5.75 Å². The van der Waals surface area contributed by atoms with E-state index < -0.39 is 30.7 Å². The fourth-order valence-electron chi connectivity index (χ4n) is 2.55. The molecule has 0 atom stereocenters. The Labute approximate surface area is 157 Å². The molecule has 0 radical (unpaired) electrons. The van der Waals surface area contributed by atoms with Crippen LogP contribution in [0.4, 0.5) is 8.78 Å². The average molecular weight is 391 g/mol. The number of halogens is 2. The molecule has 0 aliphatic rings. The minimum atomic E-state index is -2.96. The monoisotopic (exact) mass is 391 g/mol. The lowest BCUT2D eigenvalue weighted by Gasteiger charge is -2.07. The van der Waals surface area contributed by atoms with Crippen molar-refractivity contribution in [1.29, 1.82) is 0 Å². The molecule has 0 aliphatic heterocycles. The lowest BCUT2D eigenvalue weighted by atomic mass is 10.1. The van der Waals surface area contributed by atoms with E-state index >= 15 is 0 Å². The van der Waals surface area contributed by atoms with Crippen LogP contribution < -0.4 is 10.5 Å². The SMILES string of the molecule is O=C(CCn1c(=O)oc2ccccc21)OCC(=O)c1ccc(OC(F)F)cc1. The molecule has 0 saturated heterocycles. The van der Waals surface area contributed by atoms with Crippen molar-refractivity contribution in [3.05, 3.63) is 64.6 Å². The van der Waals surface area contributed by atoms with Crippen LogP contribution in [0.1, 0.15) is 16.8 Å². The van der Waals surface area contributed by atoms with Crippen molar-refractivity contribution in [1.82, 2.24) is 4.57 Å². The molecule has 0 amide bonds. The standard InChI is InChI=1S/C19H15F2NO6/c20-18(21)27-13-7-5-12(6-8-13)15(23)11-26-17(24)9-10-22-14-3-1-2-4-16(14)28-19(22)25/h1-8,18H,9-11H2. The van der Waals surface area contributed by atoms with Gasteiger partial charge in [0.2, 0.25) is 0 Å². The zero-order valence-corrected chi connectivity index (χ0v) is 14.5. The number of ketones is 1. The molecular formula is C19H15F2NO6. The zero-order chi connectivity index (χ0) is 20.1. The number of oxazole rings is 1. The average Bonchev–Trinajstić information content (AvgIpc) is 2.99. The van der Waals surface area contributed by atoms with Crippen LogP contribution in [0.25, 0.3) is 11.1 Å². The Morgan fingerprint density at radius 3 is 2.50 bits per heavy atom. The van der Waals surface area contributed by atoms with Gasteiger partial charge in [-0.3, -0.25) is 14.2 Å². The summed E-state index contributed by atoms with van der Waals surface area (Å²) in [5.74, 6) is -1.83. The summed E-state index contributed by atoms with van der Waals surface area (Å²) in [6.07, 6.45) is -0.127. The Hall–Kier alpha value is -3.49. The second-order valence-corrected chi connectivity index (χ2v) is 5.72. The number of carbonyl (C=O) groups is 2. The highest BCUT2D eigenvalue weighted by Crippen LogP contribution is 2.15. The van der Waals surface area contributed by atoms with Gasteiger partial charge >= 0.3 is 18.3 Å². The predicted octanol–water partition coefficient (Wildman–Crippen LogP) is 3.01. The van der Waals surface area contributed by atoms with Crippen molar-refractivity contribution in [3.63, 3.8) is 0 Å². The predicted molar refractivity (Wildman–Crippen MR) is 93.5 cm³/mol. The number of rotatable bonds is 8. The molecule has 0 N–H and O–H groups in total. The first-order valence-corrected chi connectivity index (χ1v) is 8.26. The van der Waals surface area contributed by atoms with Crippen LogP contribution in [-0.2, 0) is 16.1 Å². The first-order valence-electron chi connectivity index (χ1n) is 8.26. The molecule has 1 aromatic heterocycles. The first-order chi connectivity index (χ1) is 13.4. The summed E-state index contributed by atoms with van der Waals surface area (Å²) in [5.41, 5.74) is 1.16. The Kier molecular flexibility index (Phi) is 5.83. The number of benzene rings is 2. The second-order valence-electron chi connectivity index (χ2n) is 5.72. The van der Waals surface area contributed by atoms with Crippen molar-refractivity contribution in [2.24, 2.45) is 0 Å². The van der Waals surface area contributed by atoms with Crippen LogP contribution in [0.3, 0.4) is 0 Å². The van der Waals surface area contributed by atoms with E-state index in [1.807, 2.05) is 0 Å². The number of Topliss-reactive ketones (excluding diaryl/α,β-unsaturated/α-hetero) is 1. The lowest BCUT2D eigenvalue weighted by molar-refractivity contribution is -0.142. The highest BCUT2D eigenvalue weighted by Gasteiger charge is 2.14. The van der Waals surface area contributed by atoms with Gasteiger partial charge in [0.1, 0.15) is 5.75 Å². The van der Waals surface area contributed by atoms with E-state index in [0.29, 0.717) is 11.1 Å². The topological polar surface area (TPSA) is 87.7 Å². The van der Waals surface area contributed by atoms with E-state index in [1.165, 1.54) is 28.8 Å². The molecule has 0 aliphatic carbocycles. The normalized spacial score (nSPS) is 11.0. The number of para-hydroxylation sites is 2. The van der Waals surface area contributed by atoms with E-state index in [0.717, 1.165) is 0 Å². The molecule has 0 fully saturated rings. The fourth-order valence-corrected chi connectivity index (χ4v) is 2.55. The maximum absolute atomic E-state index is 12.1. The number of hydrogen-bond acceptors (Lipinski definition) is 6. The molecule has 1 heterocycles. The number of nitrogens with zero attached hydrogens (tertiary/aromatic N) is 1. The number of aromatic nitrogens is 1. The highest BCUT2D eigenvalue weighted by atomic mass is 19.3. The Bertz CT molecular complexity index is 1040. The van der Waals surface area contributed by atoms with Gasteiger partial charge < -0.3 is 13.9 Å². The number of hydrogen-bond donors (Lipinski definition) is 0. The third-order valence-electron chi connectivity index (χ3n) is 3.88. The van der Waals surface area contributed by atoms with Crippen molar-refractivity contribution in [2.45, 2.75) is 19.6 Å². The molecular weight excluding hydrogens is 376 g/mol. The van der Waals surface area contributed by atoms with Crippen LogP contribution in [0.2, 0.25) is 0 Å². The summed E-state index contributed by atoms with van der Waals surface area (Å²) in [5, 5.41) is 0. The van der Waals surface area contributed by atoms with E-state index in [4.69, 9.17) is 9.15 Å². The van der Waals surface area contributed by atoms with Gasteiger partial charge in [0.05, 0.1) is 11.9 Å². The van der Waals surface area contributed by atoms with E-state index in [9.17, 15) is 23.2 Å². The van der Waals surface area contributed by atoms with Crippen LogP contribution in [0.15, 0.2) is 57.7 Å². The summed E-state index contributed by atoms with van der Waals surface area (Å²) < 4.78 is 39.7. The summed E-state index contributed by atoms with van der Waals surface area (Å²) >= 11 is 0. The Morgan fingerprint density at radius 2 is 1.79 bits per heavy atom.